The molecule has 16 heavy (non-hydrogen) atoms. The predicted octanol–water partition coefficient (Wildman–Crippen LogP) is 1.70. The Hall–Kier alpha value is -1.76. The Morgan fingerprint density at radius 2 is 2.00 bits per heavy atom. The number of carbonyl (C=O) groups is 1. The number of thiazole rings is 1. The Morgan fingerprint density at radius 3 is 2.50 bits per heavy atom. The zero-order valence-corrected chi connectivity index (χ0v) is 9.88. The molecule has 0 radical (unpaired) electrons. The third-order valence-corrected chi connectivity index (χ3v) is 3.10. The number of hydrogen-bond donors (Lipinski definition) is 1. The number of nitrogens with one attached hydrogen (secondary N) is 1. The molecule has 2 rings (SSSR count). The third-order valence-electron chi connectivity index (χ3n) is 2.12. The zero-order valence-electron chi connectivity index (χ0n) is 9.07. The van der Waals surface area contributed by atoms with Crippen LogP contribution in [0.25, 0.3) is 0 Å². The molecular formula is C9H10N4O2S. The number of nitrogens with zero attached hydrogens (tertiary/aromatic N) is 3. The molecule has 0 aliphatic rings. The number of hydrogen-bond acceptors (Lipinski definition) is 6. The summed E-state index contributed by atoms with van der Waals surface area (Å²) in [6.45, 7) is 5.50. The molecule has 0 saturated heterocycles. The smallest absolute Gasteiger partial charge is 0.281 e. The van der Waals surface area contributed by atoms with Crippen molar-refractivity contribution in [3.05, 3.63) is 22.0 Å². The molecule has 2 aromatic heterocycles. The first-order chi connectivity index (χ1) is 7.58. The summed E-state index contributed by atoms with van der Waals surface area (Å²) in [5.41, 5.74) is 1.56. The molecule has 0 aromatic carbocycles. The topological polar surface area (TPSA) is 80.9 Å². The highest BCUT2D eigenvalue weighted by atomic mass is 32.1. The van der Waals surface area contributed by atoms with E-state index in [0.29, 0.717) is 10.8 Å². The van der Waals surface area contributed by atoms with Crippen LogP contribution in [-0.2, 0) is 0 Å². The third kappa shape index (κ3) is 1.94. The standard InChI is InChI=1S/C9H10N4O2S/c1-4-6(3)16-9(10-4)11-8(14)7-5(2)12-15-13-7/h1-3H3,(H,10,11,14). The maximum absolute atomic E-state index is 11.7. The second-order valence-corrected chi connectivity index (χ2v) is 4.52. The van der Waals surface area contributed by atoms with E-state index in [-0.39, 0.29) is 11.6 Å². The highest BCUT2D eigenvalue weighted by molar-refractivity contribution is 7.15. The molecule has 1 amide bonds. The van der Waals surface area contributed by atoms with E-state index in [9.17, 15) is 4.79 Å². The Bertz CT molecular complexity index is 512. The van der Waals surface area contributed by atoms with E-state index in [1.807, 2.05) is 13.8 Å². The summed E-state index contributed by atoms with van der Waals surface area (Å²) in [4.78, 5) is 17.0. The van der Waals surface area contributed by atoms with Gasteiger partial charge in [-0.25, -0.2) is 9.61 Å². The van der Waals surface area contributed by atoms with Crippen LogP contribution in [0.1, 0.15) is 26.8 Å². The fraction of sp³-hybridized carbons (Fsp3) is 0.333. The minimum atomic E-state index is -0.354. The molecule has 6 nitrogen and oxygen atoms in total. The van der Waals surface area contributed by atoms with Crippen LogP contribution in [0.15, 0.2) is 4.63 Å². The normalized spacial score (nSPS) is 10.4. The lowest BCUT2D eigenvalue weighted by Gasteiger charge is -1.96. The molecule has 0 saturated carbocycles. The van der Waals surface area contributed by atoms with E-state index >= 15 is 0 Å². The quantitative estimate of drug-likeness (QED) is 0.861. The van der Waals surface area contributed by atoms with Gasteiger partial charge in [0.15, 0.2) is 10.8 Å². The van der Waals surface area contributed by atoms with Gasteiger partial charge in [-0.05, 0) is 25.9 Å². The summed E-state index contributed by atoms with van der Waals surface area (Å²) in [5.74, 6) is -0.354. The minimum absolute atomic E-state index is 0.186. The Morgan fingerprint density at radius 1 is 1.25 bits per heavy atom. The largest absolute Gasteiger partial charge is 0.296 e. The van der Waals surface area contributed by atoms with Crippen LogP contribution >= 0.6 is 11.3 Å². The average Bonchev–Trinajstić information content (AvgIpc) is 2.74. The summed E-state index contributed by atoms with van der Waals surface area (Å²) in [7, 11) is 0. The van der Waals surface area contributed by atoms with Gasteiger partial charge in [0, 0.05) is 4.88 Å². The van der Waals surface area contributed by atoms with Crippen molar-refractivity contribution in [2.24, 2.45) is 0 Å². The average molecular weight is 238 g/mol. The van der Waals surface area contributed by atoms with Gasteiger partial charge in [-0.15, -0.1) is 11.3 Å². The molecule has 0 spiro atoms. The van der Waals surface area contributed by atoms with Gasteiger partial charge in [-0.1, -0.05) is 5.16 Å². The molecule has 2 heterocycles. The van der Waals surface area contributed by atoms with Crippen molar-refractivity contribution < 1.29 is 9.42 Å². The van der Waals surface area contributed by atoms with E-state index in [1.165, 1.54) is 11.3 Å². The minimum Gasteiger partial charge on any atom is -0.296 e. The molecule has 7 heteroatoms. The van der Waals surface area contributed by atoms with Crippen LogP contribution in [0, 0.1) is 20.8 Å². The van der Waals surface area contributed by atoms with Gasteiger partial charge in [-0.3, -0.25) is 10.1 Å². The maximum Gasteiger partial charge on any atom is 0.281 e. The summed E-state index contributed by atoms with van der Waals surface area (Å²) >= 11 is 1.42. The molecule has 0 bridgehead atoms. The Labute approximate surface area is 95.7 Å². The highest BCUT2D eigenvalue weighted by Crippen LogP contribution is 2.21. The molecule has 0 aliphatic carbocycles. The van der Waals surface area contributed by atoms with Gasteiger partial charge in [-0.2, -0.15) is 0 Å². The zero-order chi connectivity index (χ0) is 11.7. The van der Waals surface area contributed by atoms with Crippen molar-refractivity contribution >= 4 is 22.4 Å². The molecule has 0 unspecified atom stereocenters. The predicted molar refractivity (Wildman–Crippen MR) is 58.6 cm³/mol. The first-order valence-electron chi connectivity index (χ1n) is 4.62. The SMILES string of the molecule is Cc1nonc1C(=O)Nc1nc(C)c(C)s1. The van der Waals surface area contributed by atoms with Gasteiger partial charge in [0.25, 0.3) is 5.91 Å². The molecule has 2 aromatic rings. The van der Waals surface area contributed by atoms with Crippen molar-refractivity contribution in [1.82, 2.24) is 15.3 Å². The molecule has 0 aliphatic heterocycles. The summed E-state index contributed by atoms with van der Waals surface area (Å²) in [5, 5.41) is 10.3. The van der Waals surface area contributed by atoms with Crippen molar-refractivity contribution in [2.75, 3.05) is 5.32 Å². The highest BCUT2D eigenvalue weighted by Gasteiger charge is 2.16. The summed E-state index contributed by atoms with van der Waals surface area (Å²) in [6.07, 6.45) is 0. The van der Waals surface area contributed by atoms with E-state index in [4.69, 9.17) is 0 Å². The van der Waals surface area contributed by atoms with Crippen LogP contribution in [0.3, 0.4) is 0 Å². The molecular weight excluding hydrogens is 228 g/mol. The fourth-order valence-electron chi connectivity index (χ4n) is 1.12. The van der Waals surface area contributed by atoms with Crippen molar-refractivity contribution in [3.63, 3.8) is 0 Å². The van der Waals surface area contributed by atoms with E-state index in [2.05, 4.69) is 25.2 Å². The molecule has 84 valence electrons. The van der Waals surface area contributed by atoms with Crippen LogP contribution in [0.2, 0.25) is 0 Å². The number of rotatable bonds is 2. The monoisotopic (exact) mass is 238 g/mol. The number of aryl methyl sites for hydroxylation is 3. The molecule has 0 atom stereocenters. The van der Waals surface area contributed by atoms with E-state index in [1.54, 1.807) is 6.92 Å². The van der Waals surface area contributed by atoms with E-state index in [0.717, 1.165) is 10.6 Å². The Kier molecular flexibility index (Phi) is 2.69. The van der Waals surface area contributed by atoms with Gasteiger partial charge in [0.2, 0.25) is 0 Å². The molecule has 1 N–H and O–H groups in total. The van der Waals surface area contributed by atoms with Crippen LogP contribution in [0.5, 0.6) is 0 Å². The number of amides is 1. The van der Waals surface area contributed by atoms with Crippen LogP contribution in [0.4, 0.5) is 5.13 Å². The van der Waals surface area contributed by atoms with Crippen molar-refractivity contribution in [3.8, 4) is 0 Å². The van der Waals surface area contributed by atoms with Gasteiger partial charge in [0.1, 0.15) is 5.69 Å². The van der Waals surface area contributed by atoms with Crippen molar-refractivity contribution in [1.29, 1.82) is 0 Å². The second kappa shape index (κ2) is 4.01. The van der Waals surface area contributed by atoms with Gasteiger partial charge in [0.05, 0.1) is 5.69 Å². The summed E-state index contributed by atoms with van der Waals surface area (Å²) < 4.78 is 4.46. The number of anilines is 1. The van der Waals surface area contributed by atoms with Crippen LogP contribution < -0.4 is 5.32 Å². The van der Waals surface area contributed by atoms with E-state index < -0.39 is 0 Å². The lowest BCUT2D eigenvalue weighted by molar-refractivity contribution is 0.101. The lowest BCUT2D eigenvalue weighted by atomic mass is 10.3. The summed E-state index contributed by atoms with van der Waals surface area (Å²) in [6, 6.07) is 0. The maximum atomic E-state index is 11.7. The number of aromatic nitrogens is 3. The first-order valence-corrected chi connectivity index (χ1v) is 5.44. The van der Waals surface area contributed by atoms with Gasteiger partial charge >= 0.3 is 0 Å². The van der Waals surface area contributed by atoms with Crippen LogP contribution in [-0.4, -0.2) is 21.2 Å². The second-order valence-electron chi connectivity index (χ2n) is 3.31. The lowest BCUT2D eigenvalue weighted by Crippen LogP contribution is -2.13. The fourth-order valence-corrected chi connectivity index (χ4v) is 1.93. The molecule has 0 fully saturated rings. The van der Waals surface area contributed by atoms with Gasteiger partial charge < -0.3 is 0 Å². The Balaban J connectivity index is 2.17. The van der Waals surface area contributed by atoms with Crippen molar-refractivity contribution in [2.45, 2.75) is 20.8 Å². The first kappa shape index (κ1) is 10.7. The number of carbonyl (C=O) groups excluding carboxylic acids is 1.